The van der Waals surface area contributed by atoms with E-state index < -0.39 is 0 Å². The summed E-state index contributed by atoms with van der Waals surface area (Å²) in [6, 6.07) is 1.53. The molecule has 0 aromatic rings. The van der Waals surface area contributed by atoms with Crippen LogP contribution < -0.4 is 5.32 Å². The molecule has 0 bridgehead atoms. The Morgan fingerprint density at radius 2 is 1.85 bits per heavy atom. The van der Waals surface area contributed by atoms with Crippen LogP contribution in [0.3, 0.4) is 0 Å². The van der Waals surface area contributed by atoms with Gasteiger partial charge in [-0.05, 0) is 76.4 Å². The molecule has 0 saturated carbocycles. The topological polar surface area (TPSA) is 15.3 Å². The van der Waals surface area contributed by atoms with Crippen molar-refractivity contribution in [3.05, 3.63) is 0 Å². The van der Waals surface area contributed by atoms with Gasteiger partial charge in [0.2, 0.25) is 0 Å². The Bertz CT molecular complexity index is 276. The van der Waals surface area contributed by atoms with E-state index in [0.29, 0.717) is 5.41 Å². The summed E-state index contributed by atoms with van der Waals surface area (Å²) >= 11 is 0. The molecule has 2 saturated heterocycles. The van der Waals surface area contributed by atoms with Gasteiger partial charge in [-0.25, -0.2) is 0 Å². The molecular weight excluding hydrogens is 244 g/mol. The smallest absolute Gasteiger partial charge is 0.00818 e. The molecule has 2 heterocycles. The highest BCUT2D eigenvalue weighted by molar-refractivity contribution is 4.83. The van der Waals surface area contributed by atoms with E-state index in [4.69, 9.17) is 0 Å². The van der Waals surface area contributed by atoms with E-state index in [1.165, 1.54) is 64.6 Å². The van der Waals surface area contributed by atoms with Crippen LogP contribution in [0.25, 0.3) is 0 Å². The van der Waals surface area contributed by atoms with Crippen molar-refractivity contribution in [1.82, 2.24) is 10.2 Å². The number of rotatable bonds is 3. The van der Waals surface area contributed by atoms with Crippen LogP contribution in [0.2, 0.25) is 0 Å². The first-order valence-corrected chi connectivity index (χ1v) is 8.94. The Morgan fingerprint density at radius 3 is 2.50 bits per heavy atom. The Kier molecular flexibility index (Phi) is 5.92. The van der Waals surface area contributed by atoms with Gasteiger partial charge < -0.3 is 10.2 Å². The average Bonchev–Trinajstić information content (AvgIpc) is 2.65. The molecule has 2 nitrogen and oxygen atoms in total. The molecule has 2 fully saturated rings. The quantitative estimate of drug-likeness (QED) is 0.839. The lowest BCUT2D eigenvalue weighted by Crippen LogP contribution is -2.42. The van der Waals surface area contributed by atoms with Crippen molar-refractivity contribution in [3.8, 4) is 0 Å². The average molecular weight is 281 g/mol. The van der Waals surface area contributed by atoms with Crippen LogP contribution in [0.4, 0.5) is 0 Å². The van der Waals surface area contributed by atoms with Gasteiger partial charge in [-0.15, -0.1) is 0 Å². The van der Waals surface area contributed by atoms with Gasteiger partial charge in [0.05, 0.1) is 0 Å². The zero-order valence-electron chi connectivity index (χ0n) is 14.3. The SMILES string of the molecule is CC(CC1CCCCN1)N1CCCC(C(C)(C)C)CC1. The summed E-state index contributed by atoms with van der Waals surface area (Å²) in [4.78, 5) is 2.77. The van der Waals surface area contributed by atoms with Gasteiger partial charge in [0, 0.05) is 12.1 Å². The van der Waals surface area contributed by atoms with Gasteiger partial charge in [0.1, 0.15) is 0 Å². The zero-order valence-corrected chi connectivity index (χ0v) is 14.3. The highest BCUT2D eigenvalue weighted by atomic mass is 15.2. The fourth-order valence-electron chi connectivity index (χ4n) is 4.11. The molecule has 1 N–H and O–H groups in total. The van der Waals surface area contributed by atoms with Gasteiger partial charge in [0.25, 0.3) is 0 Å². The first-order valence-electron chi connectivity index (χ1n) is 8.94. The van der Waals surface area contributed by atoms with Crippen molar-refractivity contribution in [2.24, 2.45) is 11.3 Å². The summed E-state index contributed by atoms with van der Waals surface area (Å²) in [7, 11) is 0. The summed E-state index contributed by atoms with van der Waals surface area (Å²) in [5, 5.41) is 3.71. The lowest BCUT2D eigenvalue weighted by molar-refractivity contribution is 0.171. The summed E-state index contributed by atoms with van der Waals surface area (Å²) in [6.07, 6.45) is 9.76. The molecule has 3 atom stereocenters. The second-order valence-corrected chi connectivity index (χ2v) is 8.26. The summed E-state index contributed by atoms with van der Waals surface area (Å²) in [5.41, 5.74) is 0.490. The van der Waals surface area contributed by atoms with E-state index in [2.05, 4.69) is 37.9 Å². The van der Waals surface area contributed by atoms with Gasteiger partial charge in [-0.1, -0.05) is 27.2 Å². The van der Waals surface area contributed by atoms with Crippen molar-refractivity contribution >= 4 is 0 Å². The van der Waals surface area contributed by atoms with Crippen molar-refractivity contribution in [2.75, 3.05) is 19.6 Å². The van der Waals surface area contributed by atoms with Crippen LogP contribution in [0.5, 0.6) is 0 Å². The summed E-state index contributed by atoms with van der Waals surface area (Å²) < 4.78 is 0. The normalized spacial score (nSPS) is 31.8. The Morgan fingerprint density at radius 1 is 1.05 bits per heavy atom. The van der Waals surface area contributed by atoms with E-state index in [-0.39, 0.29) is 0 Å². The molecule has 20 heavy (non-hydrogen) atoms. The van der Waals surface area contributed by atoms with Crippen molar-refractivity contribution in [2.45, 2.75) is 84.7 Å². The minimum absolute atomic E-state index is 0.490. The molecule has 0 aromatic carbocycles. The maximum absolute atomic E-state index is 3.71. The minimum atomic E-state index is 0.490. The number of piperidine rings is 1. The van der Waals surface area contributed by atoms with Gasteiger partial charge in [-0.3, -0.25) is 0 Å². The van der Waals surface area contributed by atoms with E-state index in [1.54, 1.807) is 0 Å². The standard InChI is InChI=1S/C18H36N2/c1-15(14-17-9-5-6-11-19-17)20-12-7-8-16(10-13-20)18(2,3)4/h15-17,19H,5-14H2,1-4H3. The second kappa shape index (κ2) is 7.26. The van der Waals surface area contributed by atoms with Crippen LogP contribution in [0.15, 0.2) is 0 Å². The first-order chi connectivity index (χ1) is 9.47. The van der Waals surface area contributed by atoms with Gasteiger partial charge in [0.15, 0.2) is 0 Å². The highest BCUT2D eigenvalue weighted by Crippen LogP contribution is 2.34. The third kappa shape index (κ3) is 4.73. The number of hydrogen-bond donors (Lipinski definition) is 1. The number of likely N-dealkylation sites (tertiary alicyclic amines) is 1. The molecule has 2 aliphatic rings. The number of nitrogens with zero attached hydrogens (tertiary/aromatic N) is 1. The van der Waals surface area contributed by atoms with Crippen molar-refractivity contribution in [1.29, 1.82) is 0 Å². The maximum Gasteiger partial charge on any atom is 0.00818 e. The van der Waals surface area contributed by atoms with Crippen LogP contribution >= 0.6 is 0 Å². The number of hydrogen-bond acceptors (Lipinski definition) is 2. The highest BCUT2D eigenvalue weighted by Gasteiger charge is 2.29. The molecular formula is C18H36N2. The third-order valence-corrected chi connectivity index (χ3v) is 5.65. The molecule has 2 aliphatic heterocycles. The Balaban J connectivity index is 1.80. The molecule has 2 heteroatoms. The molecule has 0 spiro atoms. The van der Waals surface area contributed by atoms with E-state index in [9.17, 15) is 0 Å². The minimum Gasteiger partial charge on any atom is -0.314 e. The molecule has 3 unspecified atom stereocenters. The van der Waals surface area contributed by atoms with Crippen LogP contribution in [-0.4, -0.2) is 36.6 Å². The largest absolute Gasteiger partial charge is 0.314 e. The van der Waals surface area contributed by atoms with Crippen molar-refractivity contribution in [3.63, 3.8) is 0 Å². The molecule has 0 aliphatic carbocycles. The lowest BCUT2D eigenvalue weighted by atomic mass is 9.77. The van der Waals surface area contributed by atoms with Crippen LogP contribution in [0.1, 0.15) is 72.6 Å². The lowest BCUT2D eigenvalue weighted by Gasteiger charge is -2.33. The maximum atomic E-state index is 3.71. The second-order valence-electron chi connectivity index (χ2n) is 8.26. The van der Waals surface area contributed by atoms with Crippen molar-refractivity contribution < 1.29 is 0 Å². The number of nitrogens with one attached hydrogen (secondary N) is 1. The van der Waals surface area contributed by atoms with Gasteiger partial charge >= 0.3 is 0 Å². The predicted octanol–water partition coefficient (Wildman–Crippen LogP) is 4.06. The molecule has 118 valence electrons. The first kappa shape index (κ1) is 16.3. The molecule has 0 aromatic heterocycles. The summed E-state index contributed by atoms with van der Waals surface area (Å²) in [5.74, 6) is 0.910. The third-order valence-electron chi connectivity index (χ3n) is 5.65. The van der Waals surface area contributed by atoms with E-state index >= 15 is 0 Å². The molecule has 0 radical (unpaired) electrons. The monoisotopic (exact) mass is 280 g/mol. The van der Waals surface area contributed by atoms with E-state index in [1.807, 2.05) is 0 Å². The van der Waals surface area contributed by atoms with Gasteiger partial charge in [-0.2, -0.15) is 0 Å². The molecule has 0 amide bonds. The fourth-order valence-corrected chi connectivity index (χ4v) is 4.11. The Hall–Kier alpha value is -0.0800. The predicted molar refractivity (Wildman–Crippen MR) is 88.1 cm³/mol. The fraction of sp³-hybridized carbons (Fsp3) is 1.00. The Labute approximate surface area is 126 Å². The zero-order chi connectivity index (χ0) is 14.6. The molecule has 2 rings (SSSR count). The summed E-state index contributed by atoms with van der Waals surface area (Å²) in [6.45, 7) is 13.6. The van der Waals surface area contributed by atoms with Crippen LogP contribution in [-0.2, 0) is 0 Å². The van der Waals surface area contributed by atoms with E-state index in [0.717, 1.165) is 18.0 Å². The van der Waals surface area contributed by atoms with Crippen LogP contribution in [0, 0.1) is 11.3 Å².